The first-order valence-corrected chi connectivity index (χ1v) is 16.9. The van der Waals surface area contributed by atoms with Gasteiger partial charge in [0.15, 0.2) is 0 Å². The summed E-state index contributed by atoms with van der Waals surface area (Å²) < 4.78 is 4.77. The van der Waals surface area contributed by atoms with Gasteiger partial charge in [-0.05, 0) is 0 Å². The number of aromatic hydroxyl groups is 1. The SMILES string of the molecule is CC(C)(C)[Si]1(C(C)(C)C)C2=CC(=O)C=CC2=Nc2ccc(O)c(-c3[se]c(I)c(I)c3Br)c21. The predicted molar refractivity (Wildman–Crippen MR) is 158 cm³/mol. The number of phenolic OH excluding ortho intramolecular Hbond substituents is 1. The second-order valence-electron chi connectivity index (χ2n) is 10.2. The molecule has 0 saturated heterocycles. The molecule has 0 spiro atoms. The molecule has 0 bridgehead atoms. The van der Waals surface area contributed by atoms with E-state index in [0.29, 0.717) is 5.75 Å². The summed E-state index contributed by atoms with van der Waals surface area (Å²) >= 11 is 8.74. The first-order valence-electron chi connectivity index (χ1n) is 10.2. The van der Waals surface area contributed by atoms with Crippen molar-refractivity contribution in [2.24, 2.45) is 4.99 Å². The van der Waals surface area contributed by atoms with E-state index in [9.17, 15) is 9.90 Å². The maximum atomic E-state index is 12.6. The molecular formula is C24H24BrI2NO2SeSi. The predicted octanol–water partition coefficient (Wildman–Crippen LogP) is 7.03. The van der Waals surface area contributed by atoms with E-state index in [1.807, 2.05) is 18.2 Å². The summed E-state index contributed by atoms with van der Waals surface area (Å²) in [5.41, 5.74) is 2.76. The van der Waals surface area contributed by atoms with Gasteiger partial charge in [-0.1, -0.05) is 0 Å². The van der Waals surface area contributed by atoms with Crippen molar-refractivity contribution in [3.63, 3.8) is 0 Å². The molecule has 1 N–H and O–H groups in total. The van der Waals surface area contributed by atoms with E-state index < -0.39 is 8.07 Å². The molecule has 8 heteroatoms. The van der Waals surface area contributed by atoms with E-state index in [4.69, 9.17) is 4.99 Å². The Labute approximate surface area is 232 Å². The van der Waals surface area contributed by atoms with E-state index >= 15 is 0 Å². The number of phenols is 1. The van der Waals surface area contributed by atoms with Gasteiger partial charge < -0.3 is 0 Å². The number of ketones is 1. The number of allylic oxidation sites excluding steroid dienone is 4. The first-order chi connectivity index (χ1) is 14.7. The van der Waals surface area contributed by atoms with Crippen molar-refractivity contribution in [1.82, 2.24) is 0 Å². The maximum absolute atomic E-state index is 12.6. The Kier molecular flexibility index (Phi) is 6.50. The average Bonchev–Trinajstić information content (AvgIpc) is 2.91. The van der Waals surface area contributed by atoms with Gasteiger partial charge in [0.2, 0.25) is 0 Å². The molecule has 32 heavy (non-hydrogen) atoms. The number of hydrogen-bond acceptors (Lipinski definition) is 3. The van der Waals surface area contributed by atoms with Crippen molar-refractivity contribution in [2.75, 3.05) is 0 Å². The Morgan fingerprint density at radius 3 is 2.22 bits per heavy atom. The Balaban J connectivity index is 2.28. The van der Waals surface area contributed by atoms with Crippen LogP contribution in [0.4, 0.5) is 5.69 Å². The number of fused-ring (bicyclic) bond motifs is 2. The van der Waals surface area contributed by atoms with Crippen LogP contribution < -0.4 is 5.19 Å². The summed E-state index contributed by atoms with van der Waals surface area (Å²) in [6.45, 7) is 13.8. The fourth-order valence-corrected chi connectivity index (χ4v) is 19.5. The number of rotatable bonds is 1. The molecule has 2 aromatic rings. The van der Waals surface area contributed by atoms with Gasteiger partial charge in [-0.3, -0.25) is 0 Å². The first kappa shape index (κ1) is 25.1. The summed E-state index contributed by atoms with van der Waals surface area (Å²) in [5.74, 6) is 0.320. The van der Waals surface area contributed by atoms with Crippen LogP contribution in [-0.2, 0) is 4.79 Å². The number of nitrogens with zero attached hydrogens (tertiary/aromatic N) is 1. The summed E-state index contributed by atoms with van der Waals surface area (Å²) in [6.07, 6.45) is 5.33. The molecule has 0 fully saturated rings. The molecule has 0 atom stereocenters. The monoisotopic (exact) mass is 799 g/mol. The summed E-state index contributed by atoms with van der Waals surface area (Å²) in [4.78, 5) is 17.7. The van der Waals surface area contributed by atoms with Crippen LogP contribution in [0.1, 0.15) is 41.5 Å². The van der Waals surface area contributed by atoms with Crippen LogP contribution in [0.25, 0.3) is 10.0 Å². The van der Waals surface area contributed by atoms with Crippen LogP contribution in [-0.4, -0.2) is 39.2 Å². The van der Waals surface area contributed by atoms with E-state index in [-0.39, 0.29) is 30.4 Å². The van der Waals surface area contributed by atoms with Crippen molar-refractivity contribution in [3.8, 4) is 15.8 Å². The van der Waals surface area contributed by atoms with Crippen LogP contribution >= 0.6 is 61.1 Å². The summed E-state index contributed by atoms with van der Waals surface area (Å²) in [6, 6.07) is 3.75. The third-order valence-corrected chi connectivity index (χ3v) is 22.2. The van der Waals surface area contributed by atoms with Crippen LogP contribution in [0.3, 0.4) is 0 Å². The third kappa shape index (κ3) is 3.57. The minimum atomic E-state index is -2.70. The Bertz CT molecular complexity index is 1250. The number of aliphatic imine (C=N–C) groups is 1. The van der Waals surface area contributed by atoms with Crippen LogP contribution in [0.2, 0.25) is 10.1 Å². The molecule has 0 unspecified atom stereocenters. The molecule has 2 aliphatic rings. The Hall–Kier alpha value is -0.00364. The van der Waals surface area contributed by atoms with Gasteiger partial charge in [-0.2, -0.15) is 0 Å². The fourth-order valence-electron chi connectivity index (χ4n) is 5.67. The number of halogens is 3. The van der Waals surface area contributed by atoms with Gasteiger partial charge in [0.05, 0.1) is 0 Å². The normalized spacial score (nSPS) is 17.6. The molecular weight excluding hydrogens is 775 g/mol. The molecule has 1 aliphatic heterocycles. The van der Waals surface area contributed by atoms with Gasteiger partial charge in [-0.25, -0.2) is 0 Å². The molecule has 0 amide bonds. The van der Waals surface area contributed by atoms with Gasteiger partial charge in [0.1, 0.15) is 0 Å². The summed E-state index contributed by atoms with van der Waals surface area (Å²) in [7, 11) is -2.70. The van der Waals surface area contributed by atoms with Gasteiger partial charge >= 0.3 is 234 Å². The molecule has 1 aromatic carbocycles. The molecule has 1 aromatic heterocycles. The molecule has 0 saturated carbocycles. The quantitative estimate of drug-likeness (QED) is 0.192. The van der Waals surface area contributed by atoms with Crippen molar-refractivity contribution in [3.05, 3.63) is 46.0 Å². The third-order valence-electron chi connectivity index (χ3n) is 6.38. The van der Waals surface area contributed by atoms with Gasteiger partial charge in [0, 0.05) is 0 Å². The van der Waals surface area contributed by atoms with Crippen LogP contribution in [0.5, 0.6) is 5.75 Å². The molecule has 4 rings (SSSR count). The molecule has 1 aliphatic carbocycles. The topological polar surface area (TPSA) is 49.7 Å². The van der Waals surface area contributed by atoms with Gasteiger partial charge in [0.25, 0.3) is 0 Å². The van der Waals surface area contributed by atoms with Crippen molar-refractivity contribution >= 4 is 106 Å². The van der Waals surface area contributed by atoms with Crippen LogP contribution in [0, 0.1) is 6.01 Å². The average molecular weight is 799 g/mol. The Morgan fingerprint density at radius 1 is 1.06 bits per heavy atom. The molecule has 0 radical (unpaired) electrons. The Morgan fingerprint density at radius 2 is 1.69 bits per heavy atom. The zero-order valence-electron chi connectivity index (χ0n) is 18.7. The molecule has 3 nitrogen and oxygen atoms in total. The van der Waals surface area contributed by atoms with Crippen molar-refractivity contribution < 1.29 is 9.90 Å². The number of benzene rings is 1. The molecule has 2 heterocycles. The number of hydrogen-bond donors (Lipinski definition) is 1. The second kappa shape index (κ2) is 8.29. The van der Waals surface area contributed by atoms with E-state index in [1.165, 1.54) is 15.6 Å². The number of carbonyl (C=O) groups is 1. The zero-order valence-corrected chi connectivity index (χ0v) is 27.3. The van der Waals surface area contributed by atoms with Crippen molar-refractivity contribution in [1.29, 1.82) is 0 Å². The molecule has 168 valence electrons. The van der Waals surface area contributed by atoms with E-state index in [1.54, 1.807) is 12.1 Å². The van der Waals surface area contributed by atoms with Crippen molar-refractivity contribution in [2.45, 2.75) is 51.6 Å². The second-order valence-corrected chi connectivity index (χ2v) is 22.5. The van der Waals surface area contributed by atoms with Crippen LogP contribution in [0.15, 0.2) is 45.0 Å². The minimum absolute atomic E-state index is 0.0192. The number of carbonyl (C=O) groups excluding carboxylic acids is 1. The summed E-state index contributed by atoms with van der Waals surface area (Å²) in [5, 5.41) is 13.3. The standard InChI is InChI=1S/C24H24BrI2NO2SeSi/c1-23(2,3)32(24(4,5)6)16-11-12(29)7-8-13(16)28-14-9-10-15(30)17(21(14)32)20-18(25)19(26)22(27)31-20/h7-11,30H,1-6H3. The van der Waals surface area contributed by atoms with E-state index in [0.717, 1.165) is 26.6 Å². The van der Waals surface area contributed by atoms with Gasteiger partial charge in [-0.15, -0.1) is 0 Å². The fraction of sp³-hybridized carbons (Fsp3) is 0.333. The van der Waals surface area contributed by atoms with E-state index in [2.05, 4.69) is 103 Å². The zero-order chi connectivity index (χ0) is 23.8.